The Balaban J connectivity index is 1.82. The van der Waals surface area contributed by atoms with E-state index in [1.807, 2.05) is 83.1 Å². The van der Waals surface area contributed by atoms with Crippen LogP contribution in [0, 0.1) is 11.8 Å². The first-order chi connectivity index (χ1) is 17.2. The minimum absolute atomic E-state index is 0.0408. The summed E-state index contributed by atoms with van der Waals surface area (Å²) < 4.78 is 0. The molecule has 0 saturated carbocycles. The van der Waals surface area contributed by atoms with Gasteiger partial charge in [0.25, 0.3) is 0 Å². The molecule has 0 aromatic heterocycles. The van der Waals surface area contributed by atoms with Gasteiger partial charge in [-0.1, -0.05) is 58.0 Å². The quantitative estimate of drug-likeness (QED) is 0.439. The molecule has 0 spiro atoms. The number of likely N-dealkylation sites (tertiary alicyclic amines) is 1. The van der Waals surface area contributed by atoms with Gasteiger partial charge in [0.1, 0.15) is 0 Å². The lowest BCUT2D eigenvalue weighted by atomic mass is 9.96. The minimum atomic E-state index is -0.460. The van der Waals surface area contributed by atoms with Gasteiger partial charge >= 0.3 is 0 Å². The zero-order chi connectivity index (χ0) is 26.2. The Morgan fingerprint density at radius 1 is 0.806 bits per heavy atom. The Morgan fingerprint density at radius 3 is 2.11 bits per heavy atom. The van der Waals surface area contributed by atoms with Crippen LogP contribution in [0.3, 0.4) is 0 Å². The molecule has 1 fully saturated rings. The smallest absolute Gasteiger partial charge is 0.227 e. The summed E-state index contributed by atoms with van der Waals surface area (Å²) in [6, 6.07) is 15.0. The third-order valence-electron chi connectivity index (χ3n) is 6.64. The second-order valence-corrected chi connectivity index (χ2v) is 10.3. The molecule has 3 amide bonds. The predicted molar refractivity (Wildman–Crippen MR) is 145 cm³/mol. The fourth-order valence-corrected chi connectivity index (χ4v) is 4.28. The SMILES string of the molecule is CC(C)C(=O)Nc1cccc([C@@H](CN2CCCC2)NC(=O)C(C)c2ccccc2NC(=O)C(C)C)c1. The Hall–Kier alpha value is -3.19. The molecule has 3 rings (SSSR count). The molecule has 1 aliphatic heterocycles. The number of carbonyl (C=O) groups is 3. The third-order valence-corrected chi connectivity index (χ3v) is 6.64. The molecule has 194 valence electrons. The van der Waals surface area contributed by atoms with E-state index < -0.39 is 5.92 Å². The highest BCUT2D eigenvalue weighted by molar-refractivity contribution is 5.95. The first-order valence-corrected chi connectivity index (χ1v) is 13.0. The highest BCUT2D eigenvalue weighted by Crippen LogP contribution is 2.27. The van der Waals surface area contributed by atoms with Crippen molar-refractivity contribution in [1.82, 2.24) is 10.2 Å². The van der Waals surface area contributed by atoms with E-state index in [9.17, 15) is 14.4 Å². The van der Waals surface area contributed by atoms with Gasteiger partial charge in [-0.05, 0) is 62.2 Å². The highest BCUT2D eigenvalue weighted by atomic mass is 16.2. The fraction of sp³-hybridized carbons (Fsp3) is 0.483. The van der Waals surface area contributed by atoms with E-state index in [2.05, 4.69) is 20.9 Å². The van der Waals surface area contributed by atoms with Gasteiger partial charge in [0.2, 0.25) is 17.7 Å². The Labute approximate surface area is 215 Å². The number of rotatable bonds is 10. The topological polar surface area (TPSA) is 90.5 Å². The molecule has 2 atom stereocenters. The van der Waals surface area contributed by atoms with Crippen molar-refractivity contribution >= 4 is 29.1 Å². The number of anilines is 2. The monoisotopic (exact) mass is 492 g/mol. The zero-order valence-electron chi connectivity index (χ0n) is 22.1. The molecule has 2 aromatic carbocycles. The van der Waals surface area contributed by atoms with Crippen LogP contribution in [0.25, 0.3) is 0 Å². The molecule has 3 N–H and O–H groups in total. The van der Waals surface area contributed by atoms with Crippen LogP contribution in [0.15, 0.2) is 48.5 Å². The molecular weight excluding hydrogens is 452 g/mol. The van der Waals surface area contributed by atoms with Crippen LogP contribution in [0.2, 0.25) is 0 Å². The van der Waals surface area contributed by atoms with E-state index in [4.69, 9.17) is 0 Å². The number of para-hydroxylation sites is 1. The highest BCUT2D eigenvalue weighted by Gasteiger charge is 2.25. The largest absolute Gasteiger partial charge is 0.347 e. The number of amides is 3. The summed E-state index contributed by atoms with van der Waals surface area (Å²) in [5, 5.41) is 9.18. The summed E-state index contributed by atoms with van der Waals surface area (Å²) in [5.74, 6) is -0.967. The number of nitrogens with one attached hydrogen (secondary N) is 3. The van der Waals surface area contributed by atoms with E-state index in [1.54, 1.807) is 0 Å². The number of hydrogen-bond acceptors (Lipinski definition) is 4. The average Bonchev–Trinajstić information content (AvgIpc) is 3.36. The summed E-state index contributed by atoms with van der Waals surface area (Å²) in [6.07, 6.45) is 2.31. The molecule has 0 radical (unpaired) electrons. The first-order valence-electron chi connectivity index (χ1n) is 13.0. The molecule has 36 heavy (non-hydrogen) atoms. The van der Waals surface area contributed by atoms with E-state index >= 15 is 0 Å². The second-order valence-electron chi connectivity index (χ2n) is 10.3. The molecular formula is C29H40N4O3. The van der Waals surface area contributed by atoms with Gasteiger partial charge in [-0.25, -0.2) is 0 Å². The van der Waals surface area contributed by atoms with Crippen molar-refractivity contribution in [3.8, 4) is 0 Å². The van der Waals surface area contributed by atoms with Crippen LogP contribution >= 0.6 is 0 Å². The molecule has 1 aliphatic rings. The molecule has 1 unspecified atom stereocenters. The van der Waals surface area contributed by atoms with Crippen molar-refractivity contribution in [1.29, 1.82) is 0 Å². The van der Waals surface area contributed by atoms with Crippen molar-refractivity contribution in [3.05, 3.63) is 59.7 Å². The van der Waals surface area contributed by atoms with E-state index in [-0.39, 0.29) is 35.6 Å². The van der Waals surface area contributed by atoms with Gasteiger partial charge < -0.3 is 20.9 Å². The van der Waals surface area contributed by atoms with Crippen molar-refractivity contribution in [2.45, 2.75) is 59.4 Å². The number of hydrogen-bond donors (Lipinski definition) is 3. The van der Waals surface area contributed by atoms with Crippen LogP contribution < -0.4 is 16.0 Å². The number of nitrogens with zero attached hydrogens (tertiary/aromatic N) is 1. The van der Waals surface area contributed by atoms with Gasteiger partial charge in [-0.3, -0.25) is 14.4 Å². The first kappa shape index (κ1) is 27.4. The van der Waals surface area contributed by atoms with Crippen molar-refractivity contribution in [2.24, 2.45) is 11.8 Å². The average molecular weight is 493 g/mol. The van der Waals surface area contributed by atoms with Gasteiger partial charge in [0.05, 0.1) is 12.0 Å². The molecule has 2 aromatic rings. The molecule has 1 heterocycles. The lowest BCUT2D eigenvalue weighted by molar-refractivity contribution is -0.123. The van der Waals surface area contributed by atoms with Gasteiger partial charge in [0.15, 0.2) is 0 Å². The van der Waals surface area contributed by atoms with E-state index in [0.29, 0.717) is 12.2 Å². The standard InChI is InChI=1S/C29H40N4O3/c1-19(2)27(34)30-23-12-10-11-22(17-23)26(18-33-15-8-9-16-33)32-29(36)21(5)24-13-6-7-14-25(24)31-28(35)20(3)4/h6-7,10-14,17,19-21,26H,8-9,15-16,18H2,1-5H3,(H,30,34)(H,31,35)(H,32,36)/t21?,26-/m1/s1. The maximum absolute atomic E-state index is 13.5. The predicted octanol–water partition coefficient (Wildman–Crippen LogP) is 4.93. The maximum atomic E-state index is 13.5. The van der Waals surface area contributed by atoms with Gasteiger partial charge in [-0.2, -0.15) is 0 Å². The van der Waals surface area contributed by atoms with Crippen molar-refractivity contribution < 1.29 is 14.4 Å². The Kier molecular flexibility index (Phi) is 9.65. The van der Waals surface area contributed by atoms with E-state index in [1.165, 1.54) is 0 Å². The van der Waals surface area contributed by atoms with E-state index in [0.717, 1.165) is 42.7 Å². The Bertz CT molecular complexity index is 1060. The fourth-order valence-electron chi connectivity index (χ4n) is 4.28. The summed E-state index contributed by atoms with van der Waals surface area (Å²) in [6.45, 7) is 12.0. The molecule has 0 bridgehead atoms. The summed E-state index contributed by atoms with van der Waals surface area (Å²) in [5.41, 5.74) is 3.11. The maximum Gasteiger partial charge on any atom is 0.227 e. The molecule has 7 heteroatoms. The second kappa shape index (κ2) is 12.7. The number of benzene rings is 2. The minimum Gasteiger partial charge on any atom is -0.347 e. The van der Waals surface area contributed by atoms with Crippen LogP contribution in [-0.4, -0.2) is 42.3 Å². The summed E-state index contributed by atoms with van der Waals surface area (Å²) in [7, 11) is 0. The summed E-state index contributed by atoms with van der Waals surface area (Å²) >= 11 is 0. The Morgan fingerprint density at radius 2 is 1.44 bits per heavy atom. The van der Waals surface area contributed by atoms with Crippen LogP contribution in [0.1, 0.15) is 70.5 Å². The molecule has 1 saturated heterocycles. The third kappa shape index (κ3) is 7.40. The van der Waals surface area contributed by atoms with Gasteiger partial charge in [-0.15, -0.1) is 0 Å². The van der Waals surface area contributed by atoms with Crippen LogP contribution in [-0.2, 0) is 14.4 Å². The summed E-state index contributed by atoms with van der Waals surface area (Å²) in [4.78, 5) is 40.4. The normalized spacial score (nSPS) is 15.5. The van der Waals surface area contributed by atoms with Crippen LogP contribution in [0.4, 0.5) is 11.4 Å². The molecule has 7 nitrogen and oxygen atoms in total. The van der Waals surface area contributed by atoms with Crippen molar-refractivity contribution in [3.63, 3.8) is 0 Å². The van der Waals surface area contributed by atoms with Crippen LogP contribution in [0.5, 0.6) is 0 Å². The lowest BCUT2D eigenvalue weighted by Gasteiger charge is -2.27. The molecule has 0 aliphatic carbocycles. The number of carbonyl (C=O) groups excluding carboxylic acids is 3. The van der Waals surface area contributed by atoms with Gasteiger partial charge in [0, 0.05) is 29.8 Å². The lowest BCUT2D eigenvalue weighted by Crippen LogP contribution is -2.39. The zero-order valence-corrected chi connectivity index (χ0v) is 22.1. The van der Waals surface area contributed by atoms with Crippen molar-refractivity contribution in [2.75, 3.05) is 30.3 Å².